The van der Waals surface area contributed by atoms with E-state index in [1.165, 1.54) is 0 Å². The lowest BCUT2D eigenvalue weighted by molar-refractivity contribution is -0.141. The van der Waals surface area contributed by atoms with Gasteiger partial charge >= 0.3 is 12.4 Å². The second-order valence-electron chi connectivity index (χ2n) is 3.93. The molecule has 2 heterocycles. The van der Waals surface area contributed by atoms with E-state index in [0.29, 0.717) is 6.07 Å². The third kappa shape index (κ3) is 3.20. The van der Waals surface area contributed by atoms with Crippen LogP contribution in [0.3, 0.4) is 0 Å². The van der Waals surface area contributed by atoms with Gasteiger partial charge in [-0.2, -0.15) is 26.3 Å². The number of nitrogens with zero attached hydrogens (tertiary/aromatic N) is 3. The molecule has 2 aromatic heterocycles. The molecule has 0 aromatic carbocycles. The zero-order chi connectivity index (χ0) is 15.8. The van der Waals surface area contributed by atoms with Crippen LogP contribution in [-0.4, -0.2) is 15.0 Å². The lowest BCUT2D eigenvalue weighted by Crippen LogP contribution is -2.13. The second-order valence-corrected chi connectivity index (χ2v) is 3.93. The van der Waals surface area contributed by atoms with Gasteiger partial charge in [-0.25, -0.2) is 9.97 Å². The van der Waals surface area contributed by atoms with Crippen LogP contribution in [0.25, 0.3) is 11.4 Å². The minimum Gasteiger partial charge on any atom is -0.396 e. The molecule has 21 heavy (non-hydrogen) atoms. The van der Waals surface area contributed by atoms with E-state index in [-0.39, 0.29) is 5.56 Å². The van der Waals surface area contributed by atoms with Crippen molar-refractivity contribution in [2.75, 3.05) is 5.73 Å². The first-order chi connectivity index (χ1) is 9.59. The number of nitrogens with two attached hydrogens (primary N) is 1. The van der Waals surface area contributed by atoms with E-state index in [9.17, 15) is 26.3 Å². The van der Waals surface area contributed by atoms with Crippen LogP contribution >= 0.6 is 0 Å². The standard InChI is InChI=1S/C11H6F6N4/c12-10(13,14)7-2-1-5(3-19-7)9-20-4-6(18)8(21-9)11(15,16)17/h1-4H,18H2. The lowest BCUT2D eigenvalue weighted by atomic mass is 10.2. The van der Waals surface area contributed by atoms with E-state index in [1.807, 2.05) is 0 Å². The van der Waals surface area contributed by atoms with Crippen molar-refractivity contribution >= 4 is 5.69 Å². The summed E-state index contributed by atoms with van der Waals surface area (Å²) in [6.45, 7) is 0. The summed E-state index contributed by atoms with van der Waals surface area (Å²) in [5.41, 5.74) is 1.84. The van der Waals surface area contributed by atoms with Crippen LogP contribution in [0, 0.1) is 0 Å². The molecule has 0 amide bonds. The van der Waals surface area contributed by atoms with Crippen molar-refractivity contribution in [3.63, 3.8) is 0 Å². The predicted molar refractivity (Wildman–Crippen MR) is 59.7 cm³/mol. The highest BCUT2D eigenvalue weighted by Gasteiger charge is 2.36. The van der Waals surface area contributed by atoms with E-state index in [1.54, 1.807) is 0 Å². The molecule has 10 heteroatoms. The smallest absolute Gasteiger partial charge is 0.396 e. The average molecular weight is 308 g/mol. The number of alkyl halides is 6. The Balaban J connectivity index is 2.44. The second kappa shape index (κ2) is 4.86. The lowest BCUT2D eigenvalue weighted by Gasteiger charge is -2.10. The summed E-state index contributed by atoms with van der Waals surface area (Å²) in [5, 5.41) is 0. The largest absolute Gasteiger partial charge is 0.435 e. The molecule has 2 rings (SSSR count). The molecule has 0 aliphatic rings. The topological polar surface area (TPSA) is 64.7 Å². The van der Waals surface area contributed by atoms with Crippen LogP contribution in [0.1, 0.15) is 11.4 Å². The highest BCUT2D eigenvalue weighted by molar-refractivity contribution is 5.56. The Bertz CT molecular complexity index is 647. The first-order valence-corrected chi connectivity index (χ1v) is 5.32. The summed E-state index contributed by atoms with van der Waals surface area (Å²) in [5.74, 6) is -0.419. The van der Waals surface area contributed by atoms with E-state index < -0.39 is 35.3 Å². The number of hydrogen-bond donors (Lipinski definition) is 1. The Kier molecular flexibility index (Phi) is 3.47. The molecular formula is C11H6F6N4. The van der Waals surface area contributed by atoms with Gasteiger partial charge in [-0.15, -0.1) is 0 Å². The monoisotopic (exact) mass is 308 g/mol. The highest BCUT2D eigenvalue weighted by Crippen LogP contribution is 2.33. The van der Waals surface area contributed by atoms with Gasteiger partial charge in [0, 0.05) is 11.8 Å². The molecule has 0 aliphatic heterocycles. The van der Waals surface area contributed by atoms with E-state index in [4.69, 9.17) is 5.73 Å². The van der Waals surface area contributed by atoms with Crippen molar-refractivity contribution in [3.05, 3.63) is 35.9 Å². The molecule has 0 spiro atoms. The summed E-state index contributed by atoms with van der Waals surface area (Å²) in [4.78, 5) is 9.90. The Hall–Kier alpha value is -2.39. The van der Waals surface area contributed by atoms with Crippen molar-refractivity contribution in [3.8, 4) is 11.4 Å². The summed E-state index contributed by atoms with van der Waals surface area (Å²) in [7, 11) is 0. The summed E-state index contributed by atoms with van der Waals surface area (Å²) in [6.07, 6.45) is -7.95. The van der Waals surface area contributed by atoms with Crippen molar-refractivity contribution in [2.24, 2.45) is 0 Å². The van der Waals surface area contributed by atoms with Crippen molar-refractivity contribution in [1.82, 2.24) is 15.0 Å². The molecule has 2 aromatic rings. The third-order valence-corrected chi connectivity index (χ3v) is 2.40. The van der Waals surface area contributed by atoms with Crippen molar-refractivity contribution in [1.29, 1.82) is 0 Å². The molecule has 2 N–H and O–H groups in total. The maximum absolute atomic E-state index is 12.6. The van der Waals surface area contributed by atoms with Gasteiger partial charge in [0.25, 0.3) is 0 Å². The number of aromatic nitrogens is 3. The summed E-state index contributed by atoms with van der Waals surface area (Å²) in [6, 6.07) is 1.56. The summed E-state index contributed by atoms with van der Waals surface area (Å²) < 4.78 is 74.9. The van der Waals surface area contributed by atoms with Gasteiger partial charge in [0.1, 0.15) is 5.69 Å². The number of halogens is 6. The molecular weight excluding hydrogens is 302 g/mol. The first kappa shape index (κ1) is 15.0. The zero-order valence-corrected chi connectivity index (χ0v) is 10.00. The number of anilines is 1. The molecule has 0 aliphatic carbocycles. The SMILES string of the molecule is Nc1cnc(-c2ccc(C(F)(F)F)nc2)nc1C(F)(F)F. The Morgan fingerprint density at radius 2 is 1.52 bits per heavy atom. The van der Waals surface area contributed by atoms with Crippen LogP contribution < -0.4 is 5.73 Å². The van der Waals surface area contributed by atoms with Crippen LogP contribution in [0.5, 0.6) is 0 Å². The zero-order valence-electron chi connectivity index (χ0n) is 10.00. The fourth-order valence-electron chi connectivity index (χ4n) is 1.45. The quantitative estimate of drug-likeness (QED) is 0.822. The normalized spacial score (nSPS) is 12.5. The maximum Gasteiger partial charge on any atom is 0.435 e. The Labute approximate surface area is 113 Å². The maximum atomic E-state index is 12.6. The average Bonchev–Trinajstić information content (AvgIpc) is 2.37. The van der Waals surface area contributed by atoms with Crippen LogP contribution in [0.2, 0.25) is 0 Å². The Morgan fingerprint density at radius 3 is 2.00 bits per heavy atom. The van der Waals surface area contributed by atoms with E-state index in [2.05, 4.69) is 15.0 Å². The molecule has 4 nitrogen and oxygen atoms in total. The fourth-order valence-corrected chi connectivity index (χ4v) is 1.45. The molecule has 0 saturated carbocycles. The first-order valence-electron chi connectivity index (χ1n) is 5.32. The van der Waals surface area contributed by atoms with Gasteiger partial charge in [-0.3, -0.25) is 4.98 Å². The van der Waals surface area contributed by atoms with Gasteiger partial charge in [-0.1, -0.05) is 0 Å². The van der Waals surface area contributed by atoms with Crippen LogP contribution in [0.4, 0.5) is 32.0 Å². The number of hydrogen-bond acceptors (Lipinski definition) is 4. The number of pyridine rings is 1. The van der Waals surface area contributed by atoms with Gasteiger partial charge in [0.2, 0.25) is 0 Å². The molecule has 0 radical (unpaired) electrons. The van der Waals surface area contributed by atoms with Crippen molar-refractivity contribution < 1.29 is 26.3 Å². The van der Waals surface area contributed by atoms with E-state index >= 15 is 0 Å². The van der Waals surface area contributed by atoms with Crippen molar-refractivity contribution in [2.45, 2.75) is 12.4 Å². The molecule has 0 unspecified atom stereocenters. The molecule has 0 saturated heterocycles. The summed E-state index contributed by atoms with van der Waals surface area (Å²) >= 11 is 0. The van der Waals surface area contributed by atoms with Gasteiger partial charge < -0.3 is 5.73 Å². The Morgan fingerprint density at radius 1 is 0.857 bits per heavy atom. The molecule has 112 valence electrons. The molecule has 0 fully saturated rings. The van der Waals surface area contributed by atoms with Gasteiger partial charge in [-0.05, 0) is 12.1 Å². The predicted octanol–water partition coefficient (Wildman–Crippen LogP) is 3.16. The third-order valence-electron chi connectivity index (χ3n) is 2.40. The highest BCUT2D eigenvalue weighted by atomic mass is 19.4. The molecule has 0 atom stereocenters. The fraction of sp³-hybridized carbons (Fsp3) is 0.182. The van der Waals surface area contributed by atoms with Crippen LogP contribution in [0.15, 0.2) is 24.5 Å². The van der Waals surface area contributed by atoms with Crippen LogP contribution in [-0.2, 0) is 12.4 Å². The number of rotatable bonds is 1. The minimum absolute atomic E-state index is 0.0894. The minimum atomic E-state index is -4.79. The number of nitrogen functional groups attached to an aromatic ring is 1. The molecule has 0 bridgehead atoms. The van der Waals surface area contributed by atoms with Gasteiger partial charge in [0.05, 0.1) is 11.9 Å². The van der Waals surface area contributed by atoms with E-state index in [0.717, 1.165) is 18.5 Å². The van der Waals surface area contributed by atoms with Gasteiger partial charge in [0.15, 0.2) is 11.5 Å².